The molecular weight excluding hydrogens is 297 g/mol. The Kier molecular flexibility index (Phi) is 4.09. The van der Waals surface area contributed by atoms with Crippen LogP contribution in [0.15, 0.2) is 41.0 Å². The van der Waals surface area contributed by atoms with Crippen LogP contribution in [0.3, 0.4) is 0 Å². The lowest BCUT2D eigenvalue weighted by Gasteiger charge is -2.13. The van der Waals surface area contributed by atoms with Crippen molar-refractivity contribution in [3.05, 3.63) is 63.6 Å². The summed E-state index contributed by atoms with van der Waals surface area (Å²) in [6, 6.07) is 8.19. The van der Waals surface area contributed by atoms with Crippen molar-refractivity contribution in [3.8, 4) is 0 Å². The first-order valence-electron chi connectivity index (χ1n) is 5.61. The summed E-state index contributed by atoms with van der Waals surface area (Å²) in [6.07, 6.45) is 1.37. The molecule has 0 saturated carbocycles. The van der Waals surface area contributed by atoms with E-state index in [9.17, 15) is 9.50 Å². The van der Waals surface area contributed by atoms with Gasteiger partial charge in [0.1, 0.15) is 11.9 Å². The lowest BCUT2D eigenvalue weighted by molar-refractivity contribution is 0.172. The number of benzene rings is 1. The number of hydrogen-bond acceptors (Lipinski definition) is 2. The van der Waals surface area contributed by atoms with Gasteiger partial charge in [0.15, 0.2) is 0 Å². The van der Waals surface area contributed by atoms with Gasteiger partial charge in [-0.2, -0.15) is 0 Å². The molecule has 1 heterocycles. The van der Waals surface area contributed by atoms with E-state index in [0.717, 1.165) is 11.1 Å². The van der Waals surface area contributed by atoms with Gasteiger partial charge >= 0.3 is 0 Å². The van der Waals surface area contributed by atoms with Crippen molar-refractivity contribution < 1.29 is 9.50 Å². The third kappa shape index (κ3) is 2.94. The molecule has 0 aliphatic rings. The average Bonchev–Trinajstić information content (AvgIpc) is 2.33. The number of aryl methyl sites for hydroxylation is 1. The first-order valence-corrected chi connectivity index (χ1v) is 6.40. The summed E-state index contributed by atoms with van der Waals surface area (Å²) in [7, 11) is 0. The van der Waals surface area contributed by atoms with Crippen LogP contribution in [0, 0.1) is 12.7 Å². The molecule has 1 aromatic carbocycles. The van der Waals surface area contributed by atoms with Crippen LogP contribution in [0.1, 0.15) is 22.9 Å². The van der Waals surface area contributed by atoms with Gasteiger partial charge in [-0.3, -0.25) is 4.98 Å². The first kappa shape index (κ1) is 13.2. The standard InChI is InChI=1S/C14H13BrFNO/c1-9-3-2-6-17-14(9)13(18)7-10-4-5-11(16)8-12(10)15/h2-6,8,13,18H,7H2,1H3. The molecule has 0 saturated heterocycles. The van der Waals surface area contributed by atoms with Crippen LogP contribution >= 0.6 is 15.9 Å². The van der Waals surface area contributed by atoms with Crippen LogP contribution in [0.25, 0.3) is 0 Å². The maximum Gasteiger partial charge on any atom is 0.124 e. The van der Waals surface area contributed by atoms with Crippen molar-refractivity contribution >= 4 is 15.9 Å². The second-order valence-corrected chi connectivity index (χ2v) is 5.02. The van der Waals surface area contributed by atoms with Gasteiger partial charge in [-0.1, -0.05) is 28.1 Å². The molecule has 0 radical (unpaired) electrons. The molecule has 1 unspecified atom stereocenters. The minimum absolute atomic E-state index is 0.297. The van der Waals surface area contributed by atoms with E-state index in [-0.39, 0.29) is 5.82 Å². The molecule has 4 heteroatoms. The number of nitrogens with zero attached hydrogens (tertiary/aromatic N) is 1. The Balaban J connectivity index is 2.21. The zero-order valence-corrected chi connectivity index (χ0v) is 11.5. The quantitative estimate of drug-likeness (QED) is 0.940. The van der Waals surface area contributed by atoms with E-state index in [0.29, 0.717) is 16.6 Å². The van der Waals surface area contributed by atoms with Crippen LogP contribution in [0.5, 0.6) is 0 Å². The van der Waals surface area contributed by atoms with Crippen molar-refractivity contribution in [1.29, 1.82) is 0 Å². The summed E-state index contributed by atoms with van der Waals surface area (Å²) in [4.78, 5) is 4.18. The highest BCUT2D eigenvalue weighted by atomic mass is 79.9. The molecule has 18 heavy (non-hydrogen) atoms. The summed E-state index contributed by atoms with van der Waals surface area (Å²) in [6.45, 7) is 1.91. The molecule has 0 aliphatic heterocycles. The third-order valence-corrected chi connectivity index (χ3v) is 3.53. The van der Waals surface area contributed by atoms with Gasteiger partial charge in [0.25, 0.3) is 0 Å². The van der Waals surface area contributed by atoms with E-state index >= 15 is 0 Å². The smallest absolute Gasteiger partial charge is 0.124 e. The van der Waals surface area contributed by atoms with Gasteiger partial charge in [0.2, 0.25) is 0 Å². The fourth-order valence-electron chi connectivity index (χ4n) is 1.84. The number of aromatic nitrogens is 1. The van der Waals surface area contributed by atoms with Gasteiger partial charge < -0.3 is 5.11 Å². The summed E-state index contributed by atoms with van der Waals surface area (Å²) < 4.78 is 13.6. The SMILES string of the molecule is Cc1cccnc1C(O)Cc1ccc(F)cc1Br. The van der Waals surface area contributed by atoms with Crippen LogP contribution in [0.2, 0.25) is 0 Å². The Morgan fingerprint density at radius 1 is 1.39 bits per heavy atom. The largest absolute Gasteiger partial charge is 0.386 e. The van der Waals surface area contributed by atoms with Gasteiger partial charge in [-0.05, 0) is 36.2 Å². The Bertz CT molecular complexity index is 559. The zero-order chi connectivity index (χ0) is 13.1. The monoisotopic (exact) mass is 309 g/mol. The molecule has 2 nitrogen and oxygen atoms in total. The number of aliphatic hydroxyl groups excluding tert-OH is 1. The zero-order valence-electron chi connectivity index (χ0n) is 9.90. The molecule has 1 atom stereocenters. The van der Waals surface area contributed by atoms with E-state index in [4.69, 9.17) is 0 Å². The lowest BCUT2D eigenvalue weighted by atomic mass is 10.0. The Hall–Kier alpha value is -1.26. The van der Waals surface area contributed by atoms with Crippen molar-refractivity contribution in [2.45, 2.75) is 19.4 Å². The predicted molar refractivity (Wildman–Crippen MR) is 71.7 cm³/mol. The summed E-state index contributed by atoms with van der Waals surface area (Å²) in [5.41, 5.74) is 2.46. The van der Waals surface area contributed by atoms with Crippen molar-refractivity contribution in [2.75, 3.05) is 0 Å². The fourth-order valence-corrected chi connectivity index (χ4v) is 2.35. The number of halogens is 2. The van der Waals surface area contributed by atoms with Crippen LogP contribution in [-0.4, -0.2) is 10.1 Å². The first-order chi connectivity index (χ1) is 8.58. The molecule has 1 aromatic heterocycles. The number of rotatable bonds is 3. The van der Waals surface area contributed by atoms with E-state index in [1.54, 1.807) is 12.3 Å². The van der Waals surface area contributed by atoms with Gasteiger partial charge in [-0.25, -0.2) is 4.39 Å². The second kappa shape index (κ2) is 5.59. The van der Waals surface area contributed by atoms with E-state index < -0.39 is 6.10 Å². The minimum Gasteiger partial charge on any atom is -0.386 e. The highest BCUT2D eigenvalue weighted by molar-refractivity contribution is 9.10. The Morgan fingerprint density at radius 2 is 2.17 bits per heavy atom. The van der Waals surface area contributed by atoms with Crippen molar-refractivity contribution in [1.82, 2.24) is 4.98 Å². The van der Waals surface area contributed by atoms with Crippen LogP contribution in [0.4, 0.5) is 4.39 Å². The fraction of sp³-hybridized carbons (Fsp3) is 0.214. The highest BCUT2D eigenvalue weighted by Crippen LogP contribution is 2.25. The van der Waals surface area contributed by atoms with Crippen molar-refractivity contribution in [2.24, 2.45) is 0 Å². The number of pyridine rings is 1. The lowest BCUT2D eigenvalue weighted by Crippen LogP contribution is -2.06. The molecule has 0 aliphatic carbocycles. The molecule has 0 amide bonds. The number of aliphatic hydroxyl groups is 1. The Morgan fingerprint density at radius 3 is 2.83 bits per heavy atom. The summed E-state index contributed by atoms with van der Waals surface area (Å²) in [5.74, 6) is -0.297. The molecule has 2 rings (SSSR count). The third-order valence-electron chi connectivity index (χ3n) is 2.79. The molecule has 0 spiro atoms. The maximum absolute atomic E-state index is 13.0. The second-order valence-electron chi connectivity index (χ2n) is 4.16. The van der Waals surface area contributed by atoms with Gasteiger partial charge in [-0.15, -0.1) is 0 Å². The normalized spacial score (nSPS) is 12.4. The van der Waals surface area contributed by atoms with Gasteiger partial charge in [0.05, 0.1) is 5.69 Å². The topological polar surface area (TPSA) is 33.1 Å². The maximum atomic E-state index is 13.0. The summed E-state index contributed by atoms with van der Waals surface area (Å²) in [5, 5.41) is 10.2. The van der Waals surface area contributed by atoms with E-state index in [2.05, 4.69) is 20.9 Å². The molecule has 2 aromatic rings. The molecule has 0 fully saturated rings. The number of hydrogen-bond donors (Lipinski definition) is 1. The van der Waals surface area contributed by atoms with Crippen molar-refractivity contribution in [3.63, 3.8) is 0 Å². The van der Waals surface area contributed by atoms with Crippen LogP contribution < -0.4 is 0 Å². The van der Waals surface area contributed by atoms with E-state index in [1.165, 1.54) is 12.1 Å². The molecule has 94 valence electrons. The van der Waals surface area contributed by atoms with E-state index in [1.807, 2.05) is 19.1 Å². The van der Waals surface area contributed by atoms with Gasteiger partial charge in [0, 0.05) is 17.1 Å². The highest BCUT2D eigenvalue weighted by Gasteiger charge is 2.14. The van der Waals surface area contributed by atoms with Crippen LogP contribution in [-0.2, 0) is 6.42 Å². The Labute approximate surface area is 114 Å². The summed E-state index contributed by atoms with van der Waals surface area (Å²) >= 11 is 3.30. The molecule has 0 bridgehead atoms. The molecule has 1 N–H and O–H groups in total. The minimum atomic E-state index is -0.687. The predicted octanol–water partition coefficient (Wildman–Crippen LogP) is 3.57. The molecular formula is C14H13BrFNO. The average molecular weight is 310 g/mol.